The van der Waals surface area contributed by atoms with Crippen molar-refractivity contribution in [2.45, 2.75) is 13.0 Å². The molecule has 0 unspecified atom stereocenters. The maximum absolute atomic E-state index is 5.83. The molecule has 1 aromatic heterocycles. The van der Waals surface area contributed by atoms with E-state index in [1.54, 1.807) is 0 Å². The Balaban J connectivity index is 1.65. The first-order chi connectivity index (χ1) is 10.3. The molecule has 0 bridgehead atoms. The van der Waals surface area contributed by atoms with Gasteiger partial charge in [0.05, 0.1) is 5.69 Å². The first-order valence-electron chi connectivity index (χ1n) is 6.75. The van der Waals surface area contributed by atoms with Crippen LogP contribution in [0.25, 0.3) is 0 Å². The fraction of sp³-hybridized carbons (Fsp3) is 0.118. The molecule has 0 saturated carbocycles. The molecule has 0 saturated heterocycles. The Morgan fingerprint density at radius 1 is 1.00 bits per heavy atom. The highest BCUT2D eigenvalue weighted by molar-refractivity contribution is 7.13. The van der Waals surface area contributed by atoms with Crippen LogP contribution < -0.4 is 10.5 Å². The van der Waals surface area contributed by atoms with Gasteiger partial charge in [-0.2, -0.15) is 0 Å². The lowest BCUT2D eigenvalue weighted by atomic mass is 10.1. The molecule has 0 atom stereocenters. The summed E-state index contributed by atoms with van der Waals surface area (Å²) >= 11 is 1.47. The molecule has 0 spiro atoms. The Labute approximate surface area is 128 Å². The summed E-state index contributed by atoms with van der Waals surface area (Å²) in [6.07, 6.45) is 0.774. The molecule has 21 heavy (non-hydrogen) atoms. The van der Waals surface area contributed by atoms with Gasteiger partial charge < -0.3 is 10.5 Å². The zero-order valence-corrected chi connectivity index (χ0v) is 12.3. The number of aromatic nitrogens is 1. The molecule has 0 fully saturated rings. The highest BCUT2D eigenvalue weighted by Gasteiger charge is 2.03. The van der Waals surface area contributed by atoms with E-state index in [0.29, 0.717) is 11.7 Å². The van der Waals surface area contributed by atoms with Crippen molar-refractivity contribution in [1.29, 1.82) is 0 Å². The molecule has 0 aliphatic rings. The van der Waals surface area contributed by atoms with Crippen LogP contribution in [0, 0.1) is 0 Å². The molecule has 2 N–H and O–H groups in total. The number of thiazole rings is 1. The highest BCUT2D eigenvalue weighted by atomic mass is 32.1. The van der Waals surface area contributed by atoms with Gasteiger partial charge in [-0.3, -0.25) is 0 Å². The number of hydrogen-bond acceptors (Lipinski definition) is 4. The van der Waals surface area contributed by atoms with Crippen molar-refractivity contribution < 1.29 is 4.74 Å². The zero-order chi connectivity index (χ0) is 14.5. The van der Waals surface area contributed by atoms with Gasteiger partial charge in [0.25, 0.3) is 0 Å². The van der Waals surface area contributed by atoms with E-state index in [4.69, 9.17) is 10.5 Å². The summed E-state index contributed by atoms with van der Waals surface area (Å²) in [5, 5.41) is 2.61. The SMILES string of the molecule is Nc1nc(Cc2cccc(OCc3ccccc3)c2)cs1. The first kappa shape index (κ1) is 13.6. The number of hydrogen-bond donors (Lipinski definition) is 1. The summed E-state index contributed by atoms with van der Waals surface area (Å²) < 4.78 is 5.83. The fourth-order valence-corrected chi connectivity index (χ4v) is 2.66. The van der Waals surface area contributed by atoms with Gasteiger partial charge in [-0.1, -0.05) is 42.5 Å². The van der Waals surface area contributed by atoms with E-state index in [1.165, 1.54) is 16.9 Å². The molecule has 0 amide bonds. The molecule has 3 aromatic rings. The monoisotopic (exact) mass is 296 g/mol. The van der Waals surface area contributed by atoms with Gasteiger partial charge in [-0.05, 0) is 23.3 Å². The van der Waals surface area contributed by atoms with Crippen molar-refractivity contribution in [3.8, 4) is 5.75 Å². The van der Waals surface area contributed by atoms with E-state index in [2.05, 4.69) is 29.2 Å². The quantitative estimate of drug-likeness (QED) is 0.777. The molecule has 4 heteroatoms. The molecule has 0 radical (unpaired) electrons. The topological polar surface area (TPSA) is 48.1 Å². The van der Waals surface area contributed by atoms with E-state index < -0.39 is 0 Å². The predicted octanol–water partition coefficient (Wildman–Crippen LogP) is 3.90. The van der Waals surface area contributed by atoms with E-state index >= 15 is 0 Å². The van der Waals surface area contributed by atoms with Crippen LogP contribution in [0.2, 0.25) is 0 Å². The number of benzene rings is 2. The third-order valence-corrected chi connectivity index (χ3v) is 3.82. The van der Waals surface area contributed by atoms with Crippen LogP contribution in [0.5, 0.6) is 5.75 Å². The van der Waals surface area contributed by atoms with E-state index in [1.807, 2.05) is 35.7 Å². The Kier molecular flexibility index (Phi) is 4.17. The smallest absolute Gasteiger partial charge is 0.180 e. The second-order valence-electron chi connectivity index (χ2n) is 4.78. The number of ether oxygens (including phenoxy) is 1. The number of nitrogen functional groups attached to an aromatic ring is 1. The van der Waals surface area contributed by atoms with Crippen molar-refractivity contribution in [1.82, 2.24) is 4.98 Å². The summed E-state index contributed by atoms with van der Waals surface area (Å²) in [5.74, 6) is 0.875. The molecule has 1 heterocycles. The maximum Gasteiger partial charge on any atom is 0.180 e. The lowest BCUT2D eigenvalue weighted by Gasteiger charge is -2.07. The Morgan fingerprint density at radius 2 is 1.81 bits per heavy atom. The van der Waals surface area contributed by atoms with E-state index in [-0.39, 0.29) is 0 Å². The summed E-state index contributed by atoms with van der Waals surface area (Å²) in [6.45, 7) is 0.577. The molecule has 3 nitrogen and oxygen atoms in total. The minimum atomic E-state index is 0.577. The summed E-state index contributed by atoms with van der Waals surface area (Å²) in [7, 11) is 0. The Morgan fingerprint density at radius 3 is 2.57 bits per heavy atom. The van der Waals surface area contributed by atoms with E-state index in [9.17, 15) is 0 Å². The number of nitrogens with two attached hydrogens (primary N) is 1. The normalized spacial score (nSPS) is 10.5. The van der Waals surface area contributed by atoms with Crippen molar-refractivity contribution in [2.75, 3.05) is 5.73 Å². The van der Waals surface area contributed by atoms with E-state index in [0.717, 1.165) is 23.4 Å². The molecule has 106 valence electrons. The number of anilines is 1. The molecule has 0 aliphatic heterocycles. The van der Waals surface area contributed by atoms with Crippen LogP contribution in [0.3, 0.4) is 0 Å². The van der Waals surface area contributed by atoms with Gasteiger partial charge in [-0.15, -0.1) is 11.3 Å². The second kappa shape index (κ2) is 6.41. The summed E-state index contributed by atoms with van der Waals surface area (Å²) in [6, 6.07) is 18.3. The Bertz CT molecular complexity index is 710. The van der Waals surface area contributed by atoms with Crippen LogP contribution in [-0.4, -0.2) is 4.98 Å². The highest BCUT2D eigenvalue weighted by Crippen LogP contribution is 2.19. The predicted molar refractivity (Wildman–Crippen MR) is 86.5 cm³/mol. The lowest BCUT2D eigenvalue weighted by molar-refractivity contribution is 0.306. The van der Waals surface area contributed by atoms with Crippen LogP contribution in [0.4, 0.5) is 5.13 Å². The standard InChI is InChI=1S/C17H16N2OS/c18-17-19-15(12-21-17)9-14-7-4-8-16(10-14)20-11-13-5-2-1-3-6-13/h1-8,10,12H,9,11H2,(H2,18,19). The number of rotatable bonds is 5. The molecular formula is C17H16N2OS. The third kappa shape index (κ3) is 3.83. The largest absolute Gasteiger partial charge is 0.489 e. The van der Waals surface area contributed by atoms with Crippen molar-refractivity contribution in [2.24, 2.45) is 0 Å². The molecular weight excluding hydrogens is 280 g/mol. The third-order valence-electron chi connectivity index (χ3n) is 3.10. The van der Waals surface area contributed by atoms with Gasteiger partial charge in [0.2, 0.25) is 0 Å². The maximum atomic E-state index is 5.83. The molecule has 0 aliphatic carbocycles. The Hall–Kier alpha value is -2.33. The average molecular weight is 296 g/mol. The molecule has 2 aromatic carbocycles. The minimum Gasteiger partial charge on any atom is -0.489 e. The van der Waals surface area contributed by atoms with Crippen LogP contribution in [-0.2, 0) is 13.0 Å². The first-order valence-corrected chi connectivity index (χ1v) is 7.63. The minimum absolute atomic E-state index is 0.577. The van der Waals surface area contributed by atoms with Crippen molar-refractivity contribution >= 4 is 16.5 Å². The van der Waals surface area contributed by atoms with Gasteiger partial charge >= 0.3 is 0 Å². The lowest BCUT2D eigenvalue weighted by Crippen LogP contribution is -1.96. The van der Waals surface area contributed by atoms with Crippen LogP contribution in [0.1, 0.15) is 16.8 Å². The van der Waals surface area contributed by atoms with Gasteiger partial charge in [0, 0.05) is 11.8 Å². The van der Waals surface area contributed by atoms with Crippen molar-refractivity contribution in [3.05, 3.63) is 76.8 Å². The zero-order valence-electron chi connectivity index (χ0n) is 11.5. The summed E-state index contributed by atoms with van der Waals surface area (Å²) in [5.41, 5.74) is 8.99. The van der Waals surface area contributed by atoms with Gasteiger partial charge in [0.1, 0.15) is 12.4 Å². The average Bonchev–Trinajstić information content (AvgIpc) is 2.92. The number of nitrogens with zero attached hydrogens (tertiary/aromatic N) is 1. The van der Waals surface area contributed by atoms with Crippen LogP contribution >= 0.6 is 11.3 Å². The van der Waals surface area contributed by atoms with Crippen LogP contribution in [0.15, 0.2) is 60.0 Å². The van der Waals surface area contributed by atoms with Gasteiger partial charge in [0.15, 0.2) is 5.13 Å². The fourth-order valence-electron chi connectivity index (χ4n) is 2.10. The van der Waals surface area contributed by atoms with Gasteiger partial charge in [-0.25, -0.2) is 4.98 Å². The van der Waals surface area contributed by atoms with Crippen molar-refractivity contribution in [3.63, 3.8) is 0 Å². The second-order valence-corrected chi connectivity index (χ2v) is 5.67. The molecule has 3 rings (SSSR count). The summed E-state index contributed by atoms with van der Waals surface area (Å²) in [4.78, 5) is 4.28.